The number of carbonyl (C=O) groups is 3. The van der Waals surface area contributed by atoms with Crippen molar-refractivity contribution in [2.45, 2.75) is 39.3 Å². The molecule has 144 valence electrons. The van der Waals surface area contributed by atoms with Crippen molar-refractivity contribution in [3.63, 3.8) is 0 Å². The number of pyridine rings is 1. The van der Waals surface area contributed by atoms with Gasteiger partial charge in [0, 0.05) is 30.9 Å². The summed E-state index contributed by atoms with van der Waals surface area (Å²) in [7, 11) is 0. The molecular weight excluding hydrogens is 346 g/mol. The zero-order valence-corrected chi connectivity index (χ0v) is 15.6. The molecular formula is C19H25N5O3. The minimum absolute atomic E-state index is 0.00288. The molecule has 2 aliphatic rings. The number of nitrogens with one attached hydrogen (secondary N) is 3. The number of amides is 4. The Bertz CT molecular complexity index is 754. The maximum absolute atomic E-state index is 12.8. The fourth-order valence-corrected chi connectivity index (χ4v) is 3.55. The molecule has 1 atom stereocenters. The largest absolute Gasteiger partial charge is 0.350 e. The van der Waals surface area contributed by atoms with Gasteiger partial charge in [-0.3, -0.25) is 14.6 Å². The first kappa shape index (κ1) is 18.9. The quantitative estimate of drug-likeness (QED) is 0.732. The van der Waals surface area contributed by atoms with Crippen molar-refractivity contribution < 1.29 is 14.4 Å². The van der Waals surface area contributed by atoms with Crippen LogP contribution in [0.2, 0.25) is 0 Å². The molecule has 4 amide bonds. The van der Waals surface area contributed by atoms with Crippen LogP contribution in [0, 0.1) is 5.92 Å². The van der Waals surface area contributed by atoms with Gasteiger partial charge in [-0.05, 0) is 38.8 Å². The normalized spacial score (nSPS) is 20.7. The van der Waals surface area contributed by atoms with Gasteiger partial charge in [0.25, 0.3) is 5.91 Å². The van der Waals surface area contributed by atoms with Gasteiger partial charge in [-0.15, -0.1) is 0 Å². The van der Waals surface area contributed by atoms with E-state index in [2.05, 4.69) is 20.9 Å². The number of hydrogen-bond donors (Lipinski definition) is 3. The smallest absolute Gasteiger partial charge is 0.319 e. The summed E-state index contributed by atoms with van der Waals surface area (Å²) in [6, 6.07) is 4.98. The first-order valence-electron chi connectivity index (χ1n) is 9.21. The van der Waals surface area contributed by atoms with Crippen LogP contribution >= 0.6 is 0 Å². The Balaban J connectivity index is 1.52. The molecule has 2 aliphatic heterocycles. The first-order chi connectivity index (χ1) is 13.0. The minimum atomic E-state index is -0.328. The number of carbonyl (C=O) groups excluding carboxylic acids is 3. The average molecular weight is 371 g/mol. The zero-order valence-electron chi connectivity index (χ0n) is 15.6. The van der Waals surface area contributed by atoms with Gasteiger partial charge in [-0.1, -0.05) is 6.07 Å². The summed E-state index contributed by atoms with van der Waals surface area (Å²) < 4.78 is 0. The number of piperidine rings is 1. The predicted molar refractivity (Wildman–Crippen MR) is 99.2 cm³/mol. The number of nitrogens with zero attached hydrogens (tertiary/aromatic N) is 2. The Morgan fingerprint density at radius 1 is 1.30 bits per heavy atom. The van der Waals surface area contributed by atoms with Crippen LogP contribution in [0.1, 0.15) is 32.4 Å². The maximum atomic E-state index is 12.8. The third-order valence-corrected chi connectivity index (χ3v) is 5.04. The molecule has 0 unspecified atom stereocenters. The van der Waals surface area contributed by atoms with Gasteiger partial charge in [-0.25, -0.2) is 4.79 Å². The molecule has 3 heterocycles. The van der Waals surface area contributed by atoms with Crippen LogP contribution in [-0.4, -0.2) is 46.9 Å². The summed E-state index contributed by atoms with van der Waals surface area (Å²) in [4.78, 5) is 42.7. The molecule has 0 aliphatic carbocycles. The Morgan fingerprint density at radius 3 is 2.67 bits per heavy atom. The number of urea groups is 1. The molecule has 3 N–H and O–H groups in total. The molecule has 27 heavy (non-hydrogen) atoms. The van der Waals surface area contributed by atoms with Crippen molar-refractivity contribution >= 4 is 17.8 Å². The molecule has 0 spiro atoms. The summed E-state index contributed by atoms with van der Waals surface area (Å²) in [5.74, 6) is -0.183. The number of aromatic nitrogens is 1. The van der Waals surface area contributed by atoms with Gasteiger partial charge in [-0.2, -0.15) is 0 Å². The fraction of sp³-hybridized carbons (Fsp3) is 0.474. The summed E-state index contributed by atoms with van der Waals surface area (Å²) in [5.41, 5.74) is 1.99. The summed E-state index contributed by atoms with van der Waals surface area (Å²) in [5, 5.41) is 8.29. The second kappa shape index (κ2) is 8.20. The van der Waals surface area contributed by atoms with Crippen LogP contribution in [0.5, 0.6) is 0 Å². The predicted octanol–water partition coefficient (Wildman–Crippen LogP) is 0.912. The van der Waals surface area contributed by atoms with Crippen molar-refractivity contribution in [2.75, 3.05) is 13.1 Å². The van der Waals surface area contributed by atoms with E-state index in [-0.39, 0.29) is 29.8 Å². The Hall–Kier alpha value is -2.90. The average Bonchev–Trinajstić information content (AvgIpc) is 2.66. The lowest BCUT2D eigenvalue weighted by Crippen LogP contribution is -2.52. The minimum Gasteiger partial charge on any atom is -0.350 e. The number of hydrogen-bond acceptors (Lipinski definition) is 4. The lowest BCUT2D eigenvalue weighted by Gasteiger charge is -2.34. The highest BCUT2D eigenvalue weighted by Gasteiger charge is 2.33. The van der Waals surface area contributed by atoms with Crippen molar-refractivity contribution in [3.05, 3.63) is 41.4 Å². The number of allylic oxidation sites excluding steroid dienone is 1. The molecule has 1 fully saturated rings. The van der Waals surface area contributed by atoms with Gasteiger partial charge in [0.2, 0.25) is 5.91 Å². The summed E-state index contributed by atoms with van der Waals surface area (Å²) in [6.07, 6.45) is 2.95. The van der Waals surface area contributed by atoms with E-state index in [0.29, 0.717) is 43.7 Å². The monoisotopic (exact) mass is 371 g/mol. The van der Waals surface area contributed by atoms with Gasteiger partial charge >= 0.3 is 6.03 Å². The van der Waals surface area contributed by atoms with Crippen molar-refractivity contribution in [1.82, 2.24) is 25.8 Å². The van der Waals surface area contributed by atoms with Crippen molar-refractivity contribution in [2.24, 2.45) is 5.92 Å². The second-order valence-electron chi connectivity index (χ2n) is 6.96. The molecule has 0 radical (unpaired) electrons. The van der Waals surface area contributed by atoms with Crippen molar-refractivity contribution in [1.29, 1.82) is 0 Å². The molecule has 0 aromatic carbocycles. The molecule has 0 bridgehead atoms. The van der Waals surface area contributed by atoms with Crippen molar-refractivity contribution in [3.8, 4) is 0 Å². The standard InChI is InChI=1S/C19H25N5O3/c1-12-16(13(2)23-19(27)22-12)18(26)24-9-6-14(7-10-24)17(25)21-11-15-5-3-4-8-20-15/h3-5,8,12,14H,6-7,9-11H2,1-2H3,(H,21,25)(H2,22,23,27)/t12-/m0/s1. The summed E-state index contributed by atoms with van der Waals surface area (Å²) >= 11 is 0. The maximum Gasteiger partial charge on any atom is 0.319 e. The highest BCUT2D eigenvalue weighted by molar-refractivity contribution is 5.98. The lowest BCUT2D eigenvalue weighted by molar-refractivity contribution is -0.133. The van der Waals surface area contributed by atoms with E-state index in [1.807, 2.05) is 18.2 Å². The van der Waals surface area contributed by atoms with E-state index in [9.17, 15) is 14.4 Å². The highest BCUT2D eigenvalue weighted by atomic mass is 16.2. The van der Waals surface area contributed by atoms with E-state index in [0.717, 1.165) is 5.69 Å². The number of rotatable bonds is 4. The Labute approximate surface area is 158 Å². The molecule has 3 rings (SSSR count). The van der Waals surface area contributed by atoms with E-state index in [1.165, 1.54) is 0 Å². The summed E-state index contributed by atoms with van der Waals surface area (Å²) in [6.45, 7) is 5.00. The molecule has 8 heteroatoms. The zero-order chi connectivity index (χ0) is 19.4. The van der Waals surface area contributed by atoms with Gasteiger partial charge < -0.3 is 20.9 Å². The van der Waals surface area contributed by atoms with E-state index < -0.39 is 0 Å². The van der Waals surface area contributed by atoms with E-state index in [1.54, 1.807) is 24.9 Å². The van der Waals surface area contributed by atoms with Gasteiger partial charge in [0.05, 0.1) is 23.9 Å². The molecule has 0 saturated carbocycles. The second-order valence-corrected chi connectivity index (χ2v) is 6.96. The van der Waals surface area contributed by atoms with E-state index in [4.69, 9.17) is 0 Å². The van der Waals surface area contributed by atoms with Crippen LogP contribution in [0.4, 0.5) is 4.79 Å². The number of likely N-dealkylation sites (tertiary alicyclic amines) is 1. The van der Waals surface area contributed by atoms with Gasteiger partial charge in [0.15, 0.2) is 0 Å². The molecule has 1 aromatic rings. The highest BCUT2D eigenvalue weighted by Crippen LogP contribution is 2.22. The van der Waals surface area contributed by atoms with E-state index >= 15 is 0 Å². The van der Waals surface area contributed by atoms with Crippen LogP contribution in [-0.2, 0) is 16.1 Å². The SMILES string of the molecule is CC1=C(C(=O)N2CCC(C(=O)NCc3ccccn3)CC2)[C@H](C)NC(=O)N1. The topological polar surface area (TPSA) is 103 Å². The Morgan fingerprint density at radius 2 is 2.04 bits per heavy atom. The van der Waals surface area contributed by atoms with Crippen LogP contribution in [0.3, 0.4) is 0 Å². The third kappa shape index (κ3) is 4.45. The fourth-order valence-electron chi connectivity index (χ4n) is 3.55. The van der Waals surface area contributed by atoms with Gasteiger partial charge in [0.1, 0.15) is 0 Å². The molecule has 1 saturated heterocycles. The molecule has 8 nitrogen and oxygen atoms in total. The lowest BCUT2D eigenvalue weighted by atomic mass is 9.94. The first-order valence-corrected chi connectivity index (χ1v) is 9.21. The Kier molecular flexibility index (Phi) is 5.73. The third-order valence-electron chi connectivity index (χ3n) is 5.04. The van der Waals surface area contributed by atoms with Crippen LogP contribution in [0.25, 0.3) is 0 Å². The van der Waals surface area contributed by atoms with Crippen LogP contribution in [0.15, 0.2) is 35.7 Å². The van der Waals surface area contributed by atoms with Crippen LogP contribution < -0.4 is 16.0 Å². The molecule has 1 aromatic heterocycles.